The lowest BCUT2D eigenvalue weighted by Crippen LogP contribution is -2.11. The highest BCUT2D eigenvalue weighted by atomic mass is 15.1. The third-order valence-corrected chi connectivity index (χ3v) is 2.34. The second-order valence-electron chi connectivity index (χ2n) is 3.84. The van der Waals surface area contributed by atoms with E-state index in [0.717, 1.165) is 12.1 Å². The van der Waals surface area contributed by atoms with Crippen LogP contribution in [0, 0.1) is 0 Å². The number of rotatable bonds is 5. The van der Waals surface area contributed by atoms with Gasteiger partial charge in [0.05, 0.1) is 11.4 Å². The molecule has 0 amide bonds. The number of benzene rings is 1. The first-order chi connectivity index (χ1) is 7.19. The molecule has 2 heteroatoms. The van der Waals surface area contributed by atoms with Gasteiger partial charge in [-0.05, 0) is 30.3 Å². The van der Waals surface area contributed by atoms with Crippen molar-refractivity contribution in [3.8, 4) is 0 Å². The van der Waals surface area contributed by atoms with Crippen LogP contribution in [0.15, 0.2) is 31.0 Å². The third-order valence-electron chi connectivity index (χ3n) is 2.34. The maximum atomic E-state index is 3.70. The Labute approximate surface area is 92.6 Å². The number of anilines is 2. The van der Waals surface area contributed by atoms with Crippen molar-refractivity contribution in [2.24, 2.45) is 0 Å². The van der Waals surface area contributed by atoms with Gasteiger partial charge in [0.25, 0.3) is 0 Å². The summed E-state index contributed by atoms with van der Waals surface area (Å²) in [5.74, 6) is 0. The van der Waals surface area contributed by atoms with E-state index in [4.69, 9.17) is 0 Å². The minimum absolute atomic E-state index is 1.12. The number of hydrogen-bond donors (Lipinski definition) is 1. The Morgan fingerprint density at radius 2 is 2.13 bits per heavy atom. The molecule has 0 unspecified atom stereocenters. The average molecular weight is 204 g/mol. The van der Waals surface area contributed by atoms with Crippen molar-refractivity contribution in [2.45, 2.75) is 19.8 Å². The topological polar surface area (TPSA) is 15.3 Å². The van der Waals surface area contributed by atoms with Crippen molar-refractivity contribution in [3.05, 3.63) is 36.5 Å². The first kappa shape index (κ1) is 11.6. The summed E-state index contributed by atoms with van der Waals surface area (Å²) < 4.78 is 0. The lowest BCUT2D eigenvalue weighted by Gasteiger charge is -2.18. The Hall–Kier alpha value is -1.44. The van der Waals surface area contributed by atoms with Crippen LogP contribution >= 0.6 is 0 Å². The number of hydrogen-bond acceptors (Lipinski definition) is 2. The van der Waals surface area contributed by atoms with E-state index in [1.54, 1.807) is 6.20 Å². The molecule has 0 radical (unpaired) electrons. The molecule has 0 saturated heterocycles. The minimum Gasteiger partial charge on any atom is -0.376 e. The van der Waals surface area contributed by atoms with Crippen molar-refractivity contribution >= 4 is 11.4 Å². The molecule has 0 atom stereocenters. The van der Waals surface area contributed by atoms with Gasteiger partial charge in [-0.15, -0.1) is 0 Å². The van der Waals surface area contributed by atoms with Crippen LogP contribution in [0.4, 0.5) is 11.4 Å². The van der Waals surface area contributed by atoms with Gasteiger partial charge in [-0.1, -0.05) is 26.0 Å². The van der Waals surface area contributed by atoms with Crippen LogP contribution in [-0.2, 0) is 6.42 Å². The maximum absolute atomic E-state index is 3.70. The molecule has 0 aliphatic rings. The highest BCUT2D eigenvalue weighted by Crippen LogP contribution is 2.26. The Kier molecular flexibility index (Phi) is 4.22. The highest BCUT2D eigenvalue weighted by molar-refractivity contribution is 5.71. The SMILES string of the molecule is C=CNc1cc(CCC)ccc1N(C)C. The monoisotopic (exact) mass is 204 g/mol. The lowest BCUT2D eigenvalue weighted by atomic mass is 10.1. The van der Waals surface area contributed by atoms with Crippen LogP contribution < -0.4 is 10.2 Å². The molecule has 1 aromatic rings. The van der Waals surface area contributed by atoms with E-state index in [2.05, 4.69) is 41.9 Å². The first-order valence-corrected chi connectivity index (χ1v) is 5.36. The summed E-state index contributed by atoms with van der Waals surface area (Å²) >= 11 is 0. The van der Waals surface area contributed by atoms with Gasteiger partial charge in [-0.2, -0.15) is 0 Å². The van der Waals surface area contributed by atoms with Crippen LogP contribution in [0.3, 0.4) is 0 Å². The maximum Gasteiger partial charge on any atom is 0.0619 e. The molecular weight excluding hydrogens is 184 g/mol. The molecule has 0 bridgehead atoms. The summed E-state index contributed by atoms with van der Waals surface area (Å²) in [6.07, 6.45) is 4.02. The summed E-state index contributed by atoms with van der Waals surface area (Å²) in [5.41, 5.74) is 3.68. The summed E-state index contributed by atoms with van der Waals surface area (Å²) in [6, 6.07) is 6.53. The Balaban J connectivity index is 3.02. The molecule has 0 spiro atoms. The molecule has 1 aromatic carbocycles. The summed E-state index contributed by atoms with van der Waals surface area (Å²) in [4.78, 5) is 2.10. The van der Waals surface area contributed by atoms with Crippen LogP contribution in [-0.4, -0.2) is 14.1 Å². The molecule has 0 heterocycles. The molecule has 1 rings (SSSR count). The van der Waals surface area contributed by atoms with E-state index < -0.39 is 0 Å². The van der Waals surface area contributed by atoms with Gasteiger partial charge < -0.3 is 10.2 Å². The van der Waals surface area contributed by atoms with E-state index in [-0.39, 0.29) is 0 Å². The number of nitrogens with one attached hydrogen (secondary N) is 1. The second-order valence-corrected chi connectivity index (χ2v) is 3.84. The standard InChI is InChI=1S/C13H20N2/c1-5-7-11-8-9-13(15(3)4)12(10-11)14-6-2/h6,8-10,14H,2,5,7H2,1,3-4H3. The lowest BCUT2D eigenvalue weighted by molar-refractivity contribution is 0.921. The first-order valence-electron chi connectivity index (χ1n) is 5.36. The molecule has 15 heavy (non-hydrogen) atoms. The van der Waals surface area contributed by atoms with Crippen LogP contribution in [0.2, 0.25) is 0 Å². The Bertz CT molecular complexity index is 329. The Morgan fingerprint density at radius 1 is 1.40 bits per heavy atom. The molecule has 0 aliphatic heterocycles. The van der Waals surface area contributed by atoms with Gasteiger partial charge in [0, 0.05) is 14.1 Å². The third kappa shape index (κ3) is 3.01. The largest absolute Gasteiger partial charge is 0.376 e. The smallest absolute Gasteiger partial charge is 0.0619 e. The van der Waals surface area contributed by atoms with Crippen molar-refractivity contribution in [1.82, 2.24) is 0 Å². The fraction of sp³-hybridized carbons (Fsp3) is 0.385. The fourth-order valence-corrected chi connectivity index (χ4v) is 1.64. The van der Waals surface area contributed by atoms with Crippen molar-refractivity contribution in [2.75, 3.05) is 24.3 Å². The molecule has 0 aromatic heterocycles. The van der Waals surface area contributed by atoms with E-state index in [1.807, 2.05) is 14.1 Å². The fourth-order valence-electron chi connectivity index (χ4n) is 1.64. The zero-order chi connectivity index (χ0) is 11.3. The van der Waals surface area contributed by atoms with E-state index >= 15 is 0 Å². The van der Waals surface area contributed by atoms with Gasteiger partial charge >= 0.3 is 0 Å². The van der Waals surface area contributed by atoms with Gasteiger partial charge in [0.2, 0.25) is 0 Å². The molecule has 1 N–H and O–H groups in total. The normalized spacial score (nSPS) is 9.80. The molecule has 2 nitrogen and oxygen atoms in total. The molecular formula is C13H20N2. The molecule has 0 saturated carbocycles. The zero-order valence-electron chi connectivity index (χ0n) is 9.88. The number of nitrogens with zero attached hydrogens (tertiary/aromatic N) is 1. The minimum atomic E-state index is 1.12. The summed E-state index contributed by atoms with van der Waals surface area (Å²) in [6.45, 7) is 5.90. The second kappa shape index (κ2) is 5.44. The Morgan fingerprint density at radius 3 is 2.67 bits per heavy atom. The van der Waals surface area contributed by atoms with Gasteiger partial charge in [-0.3, -0.25) is 0 Å². The van der Waals surface area contributed by atoms with Crippen LogP contribution in [0.1, 0.15) is 18.9 Å². The highest BCUT2D eigenvalue weighted by Gasteiger charge is 2.04. The van der Waals surface area contributed by atoms with E-state index in [9.17, 15) is 0 Å². The van der Waals surface area contributed by atoms with Crippen molar-refractivity contribution < 1.29 is 0 Å². The van der Waals surface area contributed by atoms with Crippen LogP contribution in [0.5, 0.6) is 0 Å². The average Bonchev–Trinajstić information content (AvgIpc) is 2.18. The molecule has 82 valence electrons. The van der Waals surface area contributed by atoms with Gasteiger partial charge in [0.15, 0.2) is 0 Å². The zero-order valence-corrected chi connectivity index (χ0v) is 9.88. The summed E-state index contributed by atoms with van der Waals surface area (Å²) in [7, 11) is 4.09. The van der Waals surface area contributed by atoms with Gasteiger partial charge in [-0.25, -0.2) is 0 Å². The predicted molar refractivity (Wildman–Crippen MR) is 68.6 cm³/mol. The number of aryl methyl sites for hydroxylation is 1. The molecule has 0 fully saturated rings. The van der Waals surface area contributed by atoms with Gasteiger partial charge in [0.1, 0.15) is 0 Å². The molecule has 0 aliphatic carbocycles. The van der Waals surface area contributed by atoms with Crippen LogP contribution in [0.25, 0.3) is 0 Å². The van der Waals surface area contributed by atoms with E-state index in [0.29, 0.717) is 0 Å². The quantitative estimate of drug-likeness (QED) is 0.792. The van der Waals surface area contributed by atoms with Crippen molar-refractivity contribution in [1.29, 1.82) is 0 Å². The summed E-state index contributed by atoms with van der Waals surface area (Å²) in [5, 5.41) is 3.18. The van der Waals surface area contributed by atoms with E-state index in [1.165, 1.54) is 17.7 Å². The predicted octanol–water partition coefficient (Wildman–Crippen LogP) is 3.26. The van der Waals surface area contributed by atoms with Crippen molar-refractivity contribution in [3.63, 3.8) is 0 Å².